The number of morpholine rings is 1. The molecule has 0 amide bonds. The fourth-order valence-electron chi connectivity index (χ4n) is 1.52. The molecule has 1 aliphatic heterocycles. The van der Waals surface area contributed by atoms with Gasteiger partial charge in [-0.05, 0) is 0 Å². The molecule has 5 nitrogen and oxygen atoms in total. The standard InChI is InChI=1S/C9H15N3O2S/c13-9-12-7(6-15-9)3-11-5-8-4-10-1-2-14-8/h6,8,10-11H,1-5H2,(H,12,13). The van der Waals surface area contributed by atoms with Gasteiger partial charge in [0.05, 0.1) is 12.7 Å². The summed E-state index contributed by atoms with van der Waals surface area (Å²) in [4.78, 5) is 13.6. The zero-order chi connectivity index (χ0) is 10.5. The van der Waals surface area contributed by atoms with E-state index in [1.165, 1.54) is 11.3 Å². The zero-order valence-electron chi connectivity index (χ0n) is 8.41. The molecule has 0 bridgehead atoms. The van der Waals surface area contributed by atoms with Crippen LogP contribution in [0.15, 0.2) is 10.2 Å². The lowest BCUT2D eigenvalue weighted by Crippen LogP contribution is -2.43. The average Bonchev–Trinajstić information content (AvgIpc) is 2.66. The van der Waals surface area contributed by atoms with Crippen LogP contribution in [0.5, 0.6) is 0 Å². The smallest absolute Gasteiger partial charge is 0.304 e. The Balaban J connectivity index is 1.68. The highest BCUT2D eigenvalue weighted by atomic mass is 32.1. The molecule has 3 N–H and O–H groups in total. The zero-order valence-corrected chi connectivity index (χ0v) is 9.23. The van der Waals surface area contributed by atoms with Crippen molar-refractivity contribution >= 4 is 11.3 Å². The second-order valence-corrected chi connectivity index (χ2v) is 4.34. The lowest BCUT2D eigenvalue weighted by atomic mass is 10.3. The fraction of sp³-hybridized carbons (Fsp3) is 0.667. The summed E-state index contributed by atoms with van der Waals surface area (Å²) < 4.78 is 5.53. The van der Waals surface area contributed by atoms with Crippen molar-refractivity contribution in [3.05, 3.63) is 20.7 Å². The minimum absolute atomic E-state index is 0.00221. The first-order valence-corrected chi connectivity index (χ1v) is 5.92. The number of aromatic amines is 1. The van der Waals surface area contributed by atoms with E-state index in [-0.39, 0.29) is 11.0 Å². The van der Waals surface area contributed by atoms with Crippen molar-refractivity contribution < 1.29 is 4.74 Å². The van der Waals surface area contributed by atoms with Crippen LogP contribution in [0, 0.1) is 0 Å². The SMILES string of the molecule is O=c1[nH]c(CNCC2CNCCO2)cs1. The average molecular weight is 229 g/mol. The summed E-state index contributed by atoms with van der Waals surface area (Å²) in [6.45, 7) is 4.12. The van der Waals surface area contributed by atoms with E-state index in [0.717, 1.165) is 31.9 Å². The summed E-state index contributed by atoms with van der Waals surface area (Å²) in [6, 6.07) is 0. The lowest BCUT2D eigenvalue weighted by Gasteiger charge is -2.23. The van der Waals surface area contributed by atoms with Crippen molar-refractivity contribution in [1.29, 1.82) is 0 Å². The van der Waals surface area contributed by atoms with Crippen molar-refractivity contribution in [2.75, 3.05) is 26.2 Å². The van der Waals surface area contributed by atoms with E-state index in [2.05, 4.69) is 15.6 Å². The fourth-order valence-corrected chi connectivity index (χ4v) is 2.10. The molecule has 0 aliphatic carbocycles. The Hall–Kier alpha value is -0.690. The molecule has 84 valence electrons. The highest BCUT2D eigenvalue weighted by Gasteiger charge is 2.12. The van der Waals surface area contributed by atoms with Gasteiger partial charge in [0.2, 0.25) is 0 Å². The second-order valence-electron chi connectivity index (χ2n) is 3.50. The number of hydrogen-bond donors (Lipinski definition) is 3. The molecule has 0 aromatic carbocycles. The Morgan fingerprint density at radius 2 is 2.60 bits per heavy atom. The van der Waals surface area contributed by atoms with Crippen LogP contribution >= 0.6 is 11.3 Å². The van der Waals surface area contributed by atoms with Gasteiger partial charge in [0.25, 0.3) is 0 Å². The molecule has 15 heavy (non-hydrogen) atoms. The number of ether oxygens (including phenoxy) is 1. The summed E-state index contributed by atoms with van der Waals surface area (Å²) in [5.74, 6) is 0. The first kappa shape index (κ1) is 10.8. The van der Waals surface area contributed by atoms with E-state index in [9.17, 15) is 4.79 Å². The second kappa shape index (κ2) is 5.41. The molecule has 2 heterocycles. The molecule has 0 radical (unpaired) electrons. The summed E-state index contributed by atoms with van der Waals surface area (Å²) in [7, 11) is 0. The van der Waals surface area contributed by atoms with Crippen LogP contribution in [0.2, 0.25) is 0 Å². The lowest BCUT2D eigenvalue weighted by molar-refractivity contribution is 0.0290. The Morgan fingerprint density at radius 3 is 3.27 bits per heavy atom. The van der Waals surface area contributed by atoms with Crippen molar-refractivity contribution in [2.45, 2.75) is 12.6 Å². The number of hydrogen-bond acceptors (Lipinski definition) is 5. The van der Waals surface area contributed by atoms with Gasteiger partial charge in [-0.15, -0.1) is 0 Å². The van der Waals surface area contributed by atoms with Crippen molar-refractivity contribution in [3.63, 3.8) is 0 Å². The molecule has 1 unspecified atom stereocenters. The predicted octanol–water partition coefficient (Wildman–Crippen LogP) is -0.486. The van der Waals surface area contributed by atoms with Crippen LogP contribution in [0.3, 0.4) is 0 Å². The molecule has 2 rings (SSSR count). The minimum Gasteiger partial charge on any atom is -0.374 e. The van der Waals surface area contributed by atoms with Gasteiger partial charge in [-0.25, -0.2) is 0 Å². The summed E-state index contributed by atoms with van der Waals surface area (Å²) in [5.41, 5.74) is 0.939. The summed E-state index contributed by atoms with van der Waals surface area (Å²) in [5, 5.41) is 8.37. The molecule has 1 aromatic heterocycles. The van der Waals surface area contributed by atoms with Crippen LogP contribution < -0.4 is 15.5 Å². The van der Waals surface area contributed by atoms with Gasteiger partial charge in [0, 0.05) is 37.3 Å². The largest absolute Gasteiger partial charge is 0.374 e. The van der Waals surface area contributed by atoms with Crippen LogP contribution in [-0.2, 0) is 11.3 Å². The molecule has 1 saturated heterocycles. The molecule has 6 heteroatoms. The van der Waals surface area contributed by atoms with E-state index in [1.54, 1.807) is 0 Å². The normalized spacial score (nSPS) is 21.7. The van der Waals surface area contributed by atoms with Gasteiger partial charge in [0.15, 0.2) is 0 Å². The van der Waals surface area contributed by atoms with E-state index in [1.807, 2.05) is 5.38 Å². The maximum Gasteiger partial charge on any atom is 0.304 e. The van der Waals surface area contributed by atoms with Crippen molar-refractivity contribution in [2.24, 2.45) is 0 Å². The number of H-pyrrole nitrogens is 1. The first-order chi connectivity index (χ1) is 7.34. The Kier molecular flexibility index (Phi) is 3.90. The molecular formula is C9H15N3O2S. The van der Waals surface area contributed by atoms with E-state index in [0.29, 0.717) is 6.54 Å². The summed E-state index contributed by atoms with van der Waals surface area (Å²) >= 11 is 1.20. The van der Waals surface area contributed by atoms with Gasteiger partial charge in [0.1, 0.15) is 0 Å². The number of rotatable bonds is 4. The molecule has 1 aliphatic rings. The molecule has 0 saturated carbocycles. The van der Waals surface area contributed by atoms with Gasteiger partial charge in [-0.2, -0.15) is 0 Å². The van der Waals surface area contributed by atoms with Gasteiger partial charge >= 0.3 is 4.87 Å². The highest BCUT2D eigenvalue weighted by Crippen LogP contribution is 1.97. The number of aromatic nitrogens is 1. The predicted molar refractivity (Wildman–Crippen MR) is 59.3 cm³/mol. The van der Waals surface area contributed by atoms with Crippen LogP contribution in [-0.4, -0.2) is 37.3 Å². The summed E-state index contributed by atoms with van der Waals surface area (Å²) in [6.07, 6.45) is 0.240. The third kappa shape index (κ3) is 3.42. The Bertz CT molecular complexity index is 343. The van der Waals surface area contributed by atoms with Crippen LogP contribution in [0.25, 0.3) is 0 Å². The third-order valence-electron chi connectivity index (χ3n) is 2.26. The minimum atomic E-state index is 0.00221. The van der Waals surface area contributed by atoms with E-state index in [4.69, 9.17) is 4.74 Å². The van der Waals surface area contributed by atoms with Gasteiger partial charge < -0.3 is 20.4 Å². The van der Waals surface area contributed by atoms with E-state index >= 15 is 0 Å². The van der Waals surface area contributed by atoms with Gasteiger partial charge in [-0.1, -0.05) is 11.3 Å². The number of thiazole rings is 1. The Morgan fingerprint density at radius 1 is 1.67 bits per heavy atom. The van der Waals surface area contributed by atoms with Crippen LogP contribution in [0.1, 0.15) is 5.69 Å². The highest BCUT2D eigenvalue weighted by molar-refractivity contribution is 7.07. The molecule has 1 aromatic rings. The topological polar surface area (TPSA) is 66.2 Å². The quantitative estimate of drug-likeness (QED) is 0.652. The maximum absolute atomic E-state index is 10.9. The van der Waals surface area contributed by atoms with Crippen molar-refractivity contribution in [3.8, 4) is 0 Å². The first-order valence-electron chi connectivity index (χ1n) is 5.04. The van der Waals surface area contributed by atoms with Crippen molar-refractivity contribution in [1.82, 2.24) is 15.6 Å². The maximum atomic E-state index is 10.9. The van der Waals surface area contributed by atoms with Crippen LogP contribution in [0.4, 0.5) is 0 Å². The van der Waals surface area contributed by atoms with Gasteiger partial charge in [-0.3, -0.25) is 4.79 Å². The molecule has 1 atom stereocenters. The molecule has 1 fully saturated rings. The molecular weight excluding hydrogens is 214 g/mol. The number of nitrogens with one attached hydrogen (secondary N) is 3. The Labute approximate surface area is 91.9 Å². The monoisotopic (exact) mass is 229 g/mol. The van der Waals surface area contributed by atoms with E-state index < -0.39 is 0 Å². The third-order valence-corrected chi connectivity index (χ3v) is 2.98. The molecule has 0 spiro atoms.